The molecule has 1 heterocycles. The highest BCUT2D eigenvalue weighted by atomic mass is 32.1. The number of thiazole rings is 1. The maximum Gasteiger partial charge on any atom is 0.312 e. The van der Waals surface area contributed by atoms with Gasteiger partial charge in [0.05, 0.1) is 11.6 Å². The molecule has 0 bridgehead atoms. The van der Waals surface area contributed by atoms with Crippen molar-refractivity contribution in [1.29, 1.82) is 0 Å². The lowest BCUT2D eigenvalue weighted by atomic mass is 9.95. The van der Waals surface area contributed by atoms with Gasteiger partial charge in [-0.05, 0) is 12.8 Å². The number of amides is 2. The Kier molecular flexibility index (Phi) is 7.28. The van der Waals surface area contributed by atoms with Gasteiger partial charge in [0.2, 0.25) is 0 Å². The summed E-state index contributed by atoms with van der Waals surface area (Å²) in [4.78, 5) is 38.6. The molecule has 0 spiro atoms. The molecule has 0 aliphatic heterocycles. The number of carbonyl (C=O) groups is 3. The van der Waals surface area contributed by atoms with Gasteiger partial charge in [0.25, 0.3) is 0 Å². The van der Waals surface area contributed by atoms with Crippen LogP contribution in [0.1, 0.15) is 25.0 Å². The van der Waals surface area contributed by atoms with Crippen molar-refractivity contribution >= 4 is 29.1 Å². The first kappa shape index (κ1) is 19.6. The summed E-state index contributed by atoms with van der Waals surface area (Å²) in [5.74, 6) is -1.95. The number of Topliss-reactive ketones (excluding diaryl/α,β-unsaturated/α-hetero) is 1. The number of carbonyl (C=O) groups excluding carboxylic acids is 2. The number of hydrogen-bond acceptors (Lipinski definition) is 5. The van der Waals surface area contributed by atoms with Crippen LogP contribution in [0.3, 0.4) is 0 Å². The highest BCUT2D eigenvalue weighted by Gasteiger charge is 2.21. The van der Waals surface area contributed by atoms with Crippen molar-refractivity contribution in [3.8, 4) is 10.6 Å². The van der Waals surface area contributed by atoms with Crippen LogP contribution in [0.25, 0.3) is 10.6 Å². The molecule has 2 aromatic rings. The van der Waals surface area contributed by atoms with Crippen LogP contribution in [0.15, 0.2) is 35.7 Å². The first-order chi connectivity index (χ1) is 12.5. The summed E-state index contributed by atoms with van der Waals surface area (Å²) < 4.78 is 0. The molecule has 0 saturated heterocycles. The monoisotopic (exact) mass is 375 g/mol. The second kappa shape index (κ2) is 9.67. The Morgan fingerprint density at radius 2 is 1.96 bits per heavy atom. The molecule has 8 heteroatoms. The molecule has 0 fully saturated rings. The smallest absolute Gasteiger partial charge is 0.312 e. The van der Waals surface area contributed by atoms with E-state index in [4.69, 9.17) is 5.73 Å². The summed E-state index contributed by atoms with van der Waals surface area (Å²) >= 11 is 1.46. The standard InChI is InChI=1S/C18H21N3O4S/c19-18(25)20-8-4-7-13(17(23)24)9-15(22)10-14-11-26-16(21-14)12-5-2-1-3-6-12/h1-3,5-6,11,13H,4,7-10H2,(H,23,24)(H3,19,20,25)/t13-/m1/s1. The molecule has 1 aromatic heterocycles. The number of nitrogens with one attached hydrogen (secondary N) is 1. The van der Waals surface area contributed by atoms with Crippen LogP contribution in [0.2, 0.25) is 0 Å². The summed E-state index contributed by atoms with van der Waals surface area (Å²) in [6.07, 6.45) is 0.812. The summed E-state index contributed by atoms with van der Waals surface area (Å²) in [5.41, 5.74) is 6.59. The SMILES string of the molecule is NC(=O)NCCC[C@H](CC(=O)Cc1csc(-c2ccccc2)n1)C(=O)O. The topological polar surface area (TPSA) is 122 Å². The molecule has 1 atom stereocenters. The Hall–Kier alpha value is -2.74. The number of carboxylic acid groups (broad SMARTS) is 1. The van der Waals surface area contributed by atoms with E-state index in [2.05, 4.69) is 10.3 Å². The van der Waals surface area contributed by atoms with Gasteiger partial charge in [-0.15, -0.1) is 11.3 Å². The van der Waals surface area contributed by atoms with Crippen LogP contribution in [-0.4, -0.2) is 34.4 Å². The minimum atomic E-state index is -1.01. The van der Waals surface area contributed by atoms with Crippen LogP contribution >= 0.6 is 11.3 Å². The van der Waals surface area contributed by atoms with Crippen LogP contribution in [0.4, 0.5) is 4.79 Å². The lowest BCUT2D eigenvalue weighted by molar-refractivity contribution is -0.144. The number of rotatable bonds is 10. The Labute approximate surface area is 155 Å². The zero-order valence-electron chi connectivity index (χ0n) is 14.2. The normalized spacial score (nSPS) is 11.7. The van der Waals surface area contributed by atoms with E-state index in [9.17, 15) is 19.5 Å². The molecule has 0 saturated carbocycles. The highest BCUT2D eigenvalue weighted by Crippen LogP contribution is 2.24. The van der Waals surface area contributed by atoms with E-state index >= 15 is 0 Å². The average Bonchev–Trinajstić information content (AvgIpc) is 3.06. The molecular weight excluding hydrogens is 354 g/mol. The van der Waals surface area contributed by atoms with Crippen LogP contribution in [-0.2, 0) is 16.0 Å². The Morgan fingerprint density at radius 1 is 1.23 bits per heavy atom. The number of nitrogens with two attached hydrogens (primary N) is 1. The van der Waals surface area contributed by atoms with E-state index in [1.807, 2.05) is 35.7 Å². The minimum absolute atomic E-state index is 0.0515. The molecule has 0 aliphatic rings. The minimum Gasteiger partial charge on any atom is -0.481 e. The first-order valence-corrected chi connectivity index (χ1v) is 9.11. The van der Waals surface area contributed by atoms with E-state index in [-0.39, 0.29) is 18.6 Å². The molecule has 138 valence electrons. The molecule has 2 rings (SSSR count). The molecule has 0 radical (unpaired) electrons. The summed E-state index contributed by atoms with van der Waals surface area (Å²) in [6, 6.07) is 9.02. The van der Waals surface area contributed by atoms with E-state index in [1.165, 1.54) is 11.3 Å². The number of hydrogen-bond donors (Lipinski definition) is 3. The highest BCUT2D eigenvalue weighted by molar-refractivity contribution is 7.13. The number of carboxylic acids is 1. The Balaban J connectivity index is 1.87. The quantitative estimate of drug-likeness (QED) is 0.551. The molecule has 26 heavy (non-hydrogen) atoms. The lowest BCUT2D eigenvalue weighted by Crippen LogP contribution is -2.30. The van der Waals surface area contributed by atoms with Crippen molar-refractivity contribution < 1.29 is 19.5 Å². The number of aromatic nitrogens is 1. The summed E-state index contributed by atoms with van der Waals surface area (Å²) in [7, 11) is 0. The zero-order chi connectivity index (χ0) is 18.9. The third kappa shape index (κ3) is 6.29. The largest absolute Gasteiger partial charge is 0.481 e. The molecule has 4 N–H and O–H groups in total. The van der Waals surface area contributed by atoms with Gasteiger partial charge in [-0.3, -0.25) is 9.59 Å². The van der Waals surface area contributed by atoms with Crippen molar-refractivity contribution in [2.75, 3.05) is 6.54 Å². The van der Waals surface area contributed by atoms with E-state index < -0.39 is 17.9 Å². The second-order valence-electron chi connectivity index (χ2n) is 5.90. The second-order valence-corrected chi connectivity index (χ2v) is 6.76. The number of benzene rings is 1. The Bertz CT molecular complexity index is 761. The maximum absolute atomic E-state index is 12.2. The van der Waals surface area contributed by atoms with Crippen molar-refractivity contribution in [2.24, 2.45) is 11.7 Å². The van der Waals surface area contributed by atoms with Gasteiger partial charge < -0.3 is 16.2 Å². The maximum atomic E-state index is 12.2. The predicted molar refractivity (Wildman–Crippen MR) is 98.8 cm³/mol. The molecule has 0 unspecified atom stereocenters. The van der Waals surface area contributed by atoms with E-state index in [0.717, 1.165) is 10.6 Å². The van der Waals surface area contributed by atoms with Gasteiger partial charge in [0.1, 0.15) is 10.8 Å². The summed E-state index contributed by atoms with van der Waals surface area (Å²) in [6.45, 7) is 0.291. The van der Waals surface area contributed by atoms with Gasteiger partial charge in [-0.1, -0.05) is 30.3 Å². The van der Waals surface area contributed by atoms with Gasteiger partial charge in [0.15, 0.2) is 0 Å². The lowest BCUT2D eigenvalue weighted by Gasteiger charge is -2.11. The van der Waals surface area contributed by atoms with Crippen molar-refractivity contribution in [3.63, 3.8) is 0 Å². The van der Waals surface area contributed by atoms with E-state index in [0.29, 0.717) is 25.1 Å². The van der Waals surface area contributed by atoms with Crippen LogP contribution in [0, 0.1) is 5.92 Å². The Morgan fingerprint density at radius 3 is 2.62 bits per heavy atom. The number of urea groups is 1. The predicted octanol–water partition coefficient (Wildman–Crippen LogP) is 2.46. The number of nitrogens with zero attached hydrogens (tertiary/aromatic N) is 1. The van der Waals surface area contributed by atoms with Gasteiger partial charge >= 0.3 is 12.0 Å². The fourth-order valence-electron chi connectivity index (χ4n) is 2.52. The fourth-order valence-corrected chi connectivity index (χ4v) is 3.35. The van der Waals surface area contributed by atoms with Crippen molar-refractivity contribution in [2.45, 2.75) is 25.7 Å². The van der Waals surface area contributed by atoms with Crippen LogP contribution < -0.4 is 11.1 Å². The third-order valence-corrected chi connectivity index (χ3v) is 4.74. The number of ketones is 1. The fraction of sp³-hybridized carbons (Fsp3) is 0.333. The number of primary amides is 1. The molecular formula is C18H21N3O4S. The van der Waals surface area contributed by atoms with Gasteiger partial charge in [-0.2, -0.15) is 0 Å². The summed E-state index contributed by atoms with van der Waals surface area (Å²) in [5, 5.41) is 14.3. The van der Waals surface area contributed by atoms with Gasteiger partial charge in [0, 0.05) is 30.3 Å². The molecule has 2 amide bonds. The zero-order valence-corrected chi connectivity index (χ0v) is 15.0. The van der Waals surface area contributed by atoms with Crippen molar-refractivity contribution in [1.82, 2.24) is 10.3 Å². The average molecular weight is 375 g/mol. The molecule has 1 aromatic carbocycles. The van der Waals surface area contributed by atoms with Crippen LogP contribution in [0.5, 0.6) is 0 Å². The first-order valence-electron chi connectivity index (χ1n) is 8.23. The van der Waals surface area contributed by atoms with E-state index in [1.54, 1.807) is 0 Å². The van der Waals surface area contributed by atoms with Crippen molar-refractivity contribution in [3.05, 3.63) is 41.4 Å². The van der Waals surface area contributed by atoms with Gasteiger partial charge in [-0.25, -0.2) is 9.78 Å². The molecule has 0 aliphatic carbocycles. The third-order valence-electron chi connectivity index (χ3n) is 3.80. The molecule has 7 nitrogen and oxygen atoms in total. The number of aliphatic carboxylic acids is 1.